The van der Waals surface area contributed by atoms with Gasteiger partial charge in [0, 0.05) is 24.1 Å². The van der Waals surface area contributed by atoms with Gasteiger partial charge in [0.2, 0.25) is 9.84 Å². The van der Waals surface area contributed by atoms with Crippen LogP contribution in [-0.4, -0.2) is 34.0 Å². The van der Waals surface area contributed by atoms with E-state index in [1.165, 1.54) is 4.68 Å². The molecule has 0 aliphatic rings. The van der Waals surface area contributed by atoms with Gasteiger partial charge in [-0.1, -0.05) is 43.4 Å². The number of nitrogens with zero attached hydrogens (tertiary/aromatic N) is 4. The highest BCUT2D eigenvalue weighted by molar-refractivity contribution is 7.93. The second-order valence-electron chi connectivity index (χ2n) is 7.97. The molecule has 1 N–H and O–H groups in total. The van der Waals surface area contributed by atoms with E-state index in [0.29, 0.717) is 17.3 Å². The molecule has 0 aliphatic carbocycles. The summed E-state index contributed by atoms with van der Waals surface area (Å²) in [5.74, 6) is -0.532. The van der Waals surface area contributed by atoms with E-state index in [-0.39, 0.29) is 37.1 Å². The normalized spacial score (nSPS) is 11.6. The Morgan fingerprint density at radius 1 is 1.14 bits per heavy atom. The van der Waals surface area contributed by atoms with Crippen LogP contribution in [-0.2, 0) is 16.4 Å². The number of anilines is 1. The zero-order chi connectivity index (χ0) is 25.3. The molecule has 0 fully saturated rings. The van der Waals surface area contributed by atoms with E-state index in [9.17, 15) is 28.1 Å². The SMILES string of the molecule is CC(C)Cn1nc(C(=O)Nc2ncc(S(=O)(=O)c3ccc([N+](=O)[O-])cc3)s2)c2ccccc2c1=O. The van der Waals surface area contributed by atoms with Crippen LogP contribution in [0.5, 0.6) is 0 Å². The van der Waals surface area contributed by atoms with Crippen LogP contribution in [0.15, 0.2) is 68.6 Å². The molecule has 0 bridgehead atoms. The van der Waals surface area contributed by atoms with E-state index >= 15 is 0 Å². The van der Waals surface area contributed by atoms with Gasteiger partial charge < -0.3 is 0 Å². The van der Waals surface area contributed by atoms with Crippen LogP contribution in [0.3, 0.4) is 0 Å². The third-order valence-corrected chi connectivity index (χ3v) is 8.09. The summed E-state index contributed by atoms with van der Waals surface area (Å²) in [7, 11) is -4.00. The number of aromatic nitrogens is 3. The van der Waals surface area contributed by atoms with Crippen molar-refractivity contribution in [1.29, 1.82) is 0 Å². The van der Waals surface area contributed by atoms with Crippen molar-refractivity contribution in [3.05, 3.63) is 80.9 Å². The number of sulfone groups is 1. The first-order chi connectivity index (χ1) is 16.6. The fraction of sp³-hybridized carbons (Fsp3) is 0.182. The molecule has 0 atom stereocenters. The molecule has 0 saturated carbocycles. The summed E-state index contributed by atoms with van der Waals surface area (Å²) in [6, 6.07) is 11.1. The summed E-state index contributed by atoms with van der Waals surface area (Å²) in [6.45, 7) is 4.16. The van der Waals surface area contributed by atoms with Gasteiger partial charge in [0.15, 0.2) is 10.8 Å². The zero-order valence-electron chi connectivity index (χ0n) is 18.5. The minimum absolute atomic E-state index is 0.0100. The van der Waals surface area contributed by atoms with E-state index < -0.39 is 20.7 Å². The Balaban J connectivity index is 1.65. The van der Waals surface area contributed by atoms with Crippen LogP contribution in [0.4, 0.5) is 10.8 Å². The molecule has 0 spiro atoms. The lowest BCUT2D eigenvalue weighted by Crippen LogP contribution is -2.29. The maximum Gasteiger partial charge on any atom is 0.278 e. The van der Waals surface area contributed by atoms with E-state index in [2.05, 4.69) is 15.4 Å². The fourth-order valence-corrected chi connectivity index (χ4v) is 5.76. The molecule has 2 aromatic heterocycles. The average Bonchev–Trinajstić information content (AvgIpc) is 3.30. The number of amides is 1. The topological polar surface area (TPSA) is 154 Å². The Kier molecular flexibility index (Phi) is 6.45. The van der Waals surface area contributed by atoms with Crippen LogP contribution in [0.2, 0.25) is 0 Å². The van der Waals surface area contributed by atoms with E-state index in [1.807, 2.05) is 13.8 Å². The quantitative estimate of drug-likeness (QED) is 0.291. The smallest absolute Gasteiger partial charge is 0.278 e. The van der Waals surface area contributed by atoms with Crippen molar-refractivity contribution in [2.45, 2.75) is 29.5 Å². The second-order valence-corrected chi connectivity index (χ2v) is 11.2. The molecule has 4 aromatic rings. The highest BCUT2D eigenvalue weighted by Crippen LogP contribution is 2.30. The highest BCUT2D eigenvalue weighted by atomic mass is 32.2. The number of nitro benzene ring substituents is 1. The number of benzene rings is 2. The number of hydrogen-bond acceptors (Lipinski definition) is 9. The lowest BCUT2D eigenvalue weighted by atomic mass is 10.1. The van der Waals surface area contributed by atoms with Crippen LogP contribution in [0.1, 0.15) is 24.3 Å². The molecular weight excluding hydrogens is 494 g/mol. The molecule has 13 heteroatoms. The summed E-state index contributed by atoms with van der Waals surface area (Å²) < 4.78 is 26.9. The predicted octanol–water partition coefficient (Wildman–Crippen LogP) is 3.50. The molecule has 0 unspecified atom stereocenters. The minimum Gasteiger partial charge on any atom is -0.296 e. The standard InChI is InChI=1S/C22H19N5O6S2/c1-13(2)12-26-21(29)17-6-4-3-5-16(17)19(25-26)20(28)24-22-23-11-18(34-22)35(32,33)15-9-7-14(8-10-15)27(30)31/h3-11,13H,12H2,1-2H3,(H,23,24,28). The molecule has 0 aliphatic heterocycles. The first-order valence-electron chi connectivity index (χ1n) is 10.3. The highest BCUT2D eigenvalue weighted by Gasteiger charge is 2.24. The Morgan fingerprint density at radius 2 is 1.80 bits per heavy atom. The number of thiazole rings is 1. The van der Waals surface area contributed by atoms with Gasteiger partial charge in [0.05, 0.1) is 21.4 Å². The largest absolute Gasteiger partial charge is 0.296 e. The third-order valence-electron chi connectivity index (χ3n) is 4.95. The average molecular weight is 514 g/mol. The van der Waals surface area contributed by atoms with Gasteiger partial charge in [0.1, 0.15) is 4.21 Å². The molecule has 2 aromatic carbocycles. The van der Waals surface area contributed by atoms with Crippen molar-refractivity contribution in [2.24, 2.45) is 5.92 Å². The van der Waals surface area contributed by atoms with Gasteiger partial charge in [-0.15, -0.1) is 0 Å². The monoisotopic (exact) mass is 513 g/mol. The number of nitrogens with one attached hydrogen (secondary N) is 1. The summed E-state index contributed by atoms with van der Waals surface area (Å²) >= 11 is 0.730. The van der Waals surface area contributed by atoms with E-state index in [1.54, 1.807) is 24.3 Å². The van der Waals surface area contributed by atoms with Gasteiger partial charge in [-0.3, -0.25) is 25.0 Å². The maximum absolute atomic E-state index is 13.1. The van der Waals surface area contributed by atoms with Crippen molar-refractivity contribution >= 4 is 48.7 Å². The first kappa shape index (κ1) is 24.2. The molecule has 0 saturated heterocycles. The number of nitro groups is 1. The molecule has 11 nitrogen and oxygen atoms in total. The van der Waals surface area contributed by atoms with Gasteiger partial charge in [-0.25, -0.2) is 18.1 Å². The Hall–Kier alpha value is -3.97. The predicted molar refractivity (Wildman–Crippen MR) is 129 cm³/mol. The summed E-state index contributed by atoms with van der Waals surface area (Å²) in [4.78, 5) is 39.9. The van der Waals surface area contributed by atoms with Gasteiger partial charge in [-0.05, 0) is 24.1 Å². The second kappa shape index (κ2) is 9.35. The number of fused-ring (bicyclic) bond motifs is 1. The third kappa shape index (κ3) is 4.81. The first-order valence-corrected chi connectivity index (χ1v) is 12.6. The number of rotatable bonds is 7. The molecule has 1 amide bonds. The molecule has 4 rings (SSSR count). The molecule has 180 valence electrons. The van der Waals surface area contributed by atoms with Crippen molar-refractivity contribution in [3.63, 3.8) is 0 Å². The fourth-order valence-electron chi connectivity index (χ4n) is 3.33. The number of hydrogen-bond donors (Lipinski definition) is 1. The van der Waals surface area contributed by atoms with Crippen LogP contribution in [0, 0.1) is 16.0 Å². The Labute approximate surface area is 203 Å². The summed E-state index contributed by atoms with van der Waals surface area (Å²) in [5.41, 5.74) is -0.535. The van der Waals surface area contributed by atoms with Gasteiger partial charge in [0.25, 0.3) is 17.2 Å². The maximum atomic E-state index is 13.1. The van der Waals surface area contributed by atoms with Crippen molar-refractivity contribution in [3.8, 4) is 0 Å². The summed E-state index contributed by atoms with van der Waals surface area (Å²) in [5, 5.41) is 18.4. The lowest BCUT2D eigenvalue weighted by molar-refractivity contribution is -0.384. The molecular formula is C22H19N5O6S2. The number of carbonyl (C=O) groups is 1. The number of carbonyl (C=O) groups excluding carboxylic acids is 1. The molecule has 35 heavy (non-hydrogen) atoms. The Bertz CT molecular complexity index is 1610. The van der Waals surface area contributed by atoms with Crippen LogP contribution in [0.25, 0.3) is 10.8 Å². The Morgan fingerprint density at radius 3 is 2.43 bits per heavy atom. The van der Waals surface area contributed by atoms with E-state index in [4.69, 9.17) is 0 Å². The lowest BCUT2D eigenvalue weighted by Gasteiger charge is -2.12. The van der Waals surface area contributed by atoms with Crippen molar-refractivity contribution in [2.75, 3.05) is 5.32 Å². The molecule has 0 radical (unpaired) electrons. The van der Waals surface area contributed by atoms with Crippen molar-refractivity contribution < 1.29 is 18.1 Å². The van der Waals surface area contributed by atoms with Gasteiger partial charge >= 0.3 is 0 Å². The van der Waals surface area contributed by atoms with Crippen LogP contribution >= 0.6 is 11.3 Å². The molecule has 2 heterocycles. The zero-order valence-corrected chi connectivity index (χ0v) is 20.2. The van der Waals surface area contributed by atoms with Crippen LogP contribution < -0.4 is 10.9 Å². The van der Waals surface area contributed by atoms with E-state index in [0.717, 1.165) is 41.8 Å². The minimum atomic E-state index is -4.00. The summed E-state index contributed by atoms with van der Waals surface area (Å²) in [6.07, 6.45) is 1.10. The number of non-ortho nitro benzene ring substituents is 1. The van der Waals surface area contributed by atoms with Crippen molar-refractivity contribution in [1.82, 2.24) is 14.8 Å². The van der Waals surface area contributed by atoms with Gasteiger partial charge in [-0.2, -0.15) is 5.10 Å².